The fraction of sp³-hybridized carbons (Fsp3) is 0.389. The monoisotopic (exact) mass is 367 g/mol. The topological polar surface area (TPSA) is 47.6 Å². The van der Waals surface area contributed by atoms with Gasteiger partial charge in [-0.2, -0.15) is 0 Å². The average molecular weight is 368 g/mol. The van der Waals surface area contributed by atoms with Crippen molar-refractivity contribution in [3.05, 3.63) is 51.2 Å². The van der Waals surface area contributed by atoms with E-state index in [0.717, 1.165) is 23.5 Å². The highest BCUT2D eigenvalue weighted by molar-refractivity contribution is 7.16. The van der Waals surface area contributed by atoms with Gasteiger partial charge >= 0.3 is 0 Å². The van der Waals surface area contributed by atoms with E-state index < -0.39 is 0 Å². The number of carbonyl (C=O) groups excluding carboxylic acids is 1. The Morgan fingerprint density at radius 2 is 2.00 bits per heavy atom. The van der Waals surface area contributed by atoms with Gasteiger partial charge in [-0.25, -0.2) is 0 Å². The van der Waals surface area contributed by atoms with Crippen LogP contribution in [0.15, 0.2) is 36.4 Å². The first-order chi connectivity index (χ1) is 11.6. The van der Waals surface area contributed by atoms with Crippen LogP contribution in [0.5, 0.6) is 5.75 Å². The Balaban J connectivity index is 1.87. The summed E-state index contributed by atoms with van der Waals surface area (Å²) in [5.41, 5.74) is 0.594. The fourth-order valence-corrected chi connectivity index (χ4v) is 3.26. The van der Waals surface area contributed by atoms with E-state index in [1.807, 2.05) is 24.3 Å². The summed E-state index contributed by atoms with van der Waals surface area (Å²) in [6, 6.07) is 10.9. The Bertz CT molecular complexity index is 642. The maximum atomic E-state index is 12.2. The summed E-state index contributed by atoms with van der Waals surface area (Å²) in [4.78, 5) is 13.2. The second-order valence-corrected chi connectivity index (χ2v) is 7.05. The van der Waals surface area contributed by atoms with Gasteiger partial charge in [-0.3, -0.25) is 4.79 Å². The van der Waals surface area contributed by atoms with Crippen molar-refractivity contribution in [2.45, 2.75) is 25.9 Å². The smallest absolute Gasteiger partial charge is 0.251 e. The van der Waals surface area contributed by atoms with E-state index in [1.54, 1.807) is 19.2 Å². The molecule has 1 aromatic carbocycles. The number of amides is 1. The van der Waals surface area contributed by atoms with E-state index in [2.05, 4.69) is 12.2 Å². The number of nitrogens with one attached hydrogen (secondary N) is 1. The highest BCUT2D eigenvalue weighted by atomic mass is 35.5. The average Bonchev–Trinajstić information content (AvgIpc) is 3.02. The minimum absolute atomic E-state index is 0.139. The third kappa shape index (κ3) is 5.51. The van der Waals surface area contributed by atoms with Crippen LogP contribution in [0.3, 0.4) is 0 Å². The van der Waals surface area contributed by atoms with Gasteiger partial charge in [-0.15, -0.1) is 11.3 Å². The molecule has 130 valence electrons. The maximum Gasteiger partial charge on any atom is 0.251 e. The highest BCUT2D eigenvalue weighted by Crippen LogP contribution is 2.28. The molecule has 0 fully saturated rings. The molecule has 1 unspecified atom stereocenters. The first kappa shape index (κ1) is 18.8. The SMILES string of the molecule is CCCCOc1ccc(C(=O)NCC(OC)c2ccc(Cl)s2)cc1. The van der Waals surface area contributed by atoms with E-state index >= 15 is 0 Å². The molecule has 4 nitrogen and oxygen atoms in total. The van der Waals surface area contributed by atoms with Crippen LogP contribution < -0.4 is 10.1 Å². The second-order valence-electron chi connectivity index (χ2n) is 5.30. The zero-order valence-electron chi connectivity index (χ0n) is 13.9. The molecular weight excluding hydrogens is 346 g/mol. The first-order valence-corrected chi connectivity index (χ1v) is 9.12. The largest absolute Gasteiger partial charge is 0.494 e. The molecule has 1 N–H and O–H groups in total. The van der Waals surface area contributed by atoms with Gasteiger partial charge in [0.1, 0.15) is 11.9 Å². The van der Waals surface area contributed by atoms with Crippen molar-refractivity contribution in [1.82, 2.24) is 5.32 Å². The lowest BCUT2D eigenvalue weighted by atomic mass is 10.2. The van der Waals surface area contributed by atoms with E-state index in [-0.39, 0.29) is 12.0 Å². The van der Waals surface area contributed by atoms with Crippen molar-refractivity contribution in [1.29, 1.82) is 0 Å². The maximum absolute atomic E-state index is 12.2. The summed E-state index contributed by atoms with van der Waals surface area (Å²) in [7, 11) is 1.62. The van der Waals surface area contributed by atoms with Crippen molar-refractivity contribution in [3.63, 3.8) is 0 Å². The second kappa shape index (κ2) is 9.67. The lowest BCUT2D eigenvalue weighted by Crippen LogP contribution is -2.28. The predicted molar refractivity (Wildman–Crippen MR) is 98.3 cm³/mol. The van der Waals surface area contributed by atoms with Crippen molar-refractivity contribution in [3.8, 4) is 5.75 Å². The molecule has 0 spiro atoms. The van der Waals surface area contributed by atoms with Crippen LogP contribution in [0.2, 0.25) is 4.34 Å². The molecule has 0 saturated heterocycles. The van der Waals surface area contributed by atoms with Gasteiger partial charge in [-0.05, 0) is 42.8 Å². The normalized spacial score (nSPS) is 12.0. The molecule has 0 aliphatic heterocycles. The Hall–Kier alpha value is -1.56. The van der Waals surface area contributed by atoms with Crippen LogP contribution in [-0.2, 0) is 4.74 Å². The quantitative estimate of drug-likeness (QED) is 0.653. The predicted octanol–water partition coefficient (Wildman–Crippen LogP) is 4.70. The number of thiophene rings is 1. The Kier molecular flexibility index (Phi) is 7.56. The summed E-state index contributed by atoms with van der Waals surface area (Å²) >= 11 is 7.40. The third-order valence-electron chi connectivity index (χ3n) is 3.53. The number of hydrogen-bond donors (Lipinski definition) is 1. The van der Waals surface area contributed by atoms with Gasteiger partial charge in [0.25, 0.3) is 5.91 Å². The Morgan fingerprint density at radius 1 is 1.25 bits per heavy atom. The van der Waals surface area contributed by atoms with Gasteiger partial charge in [0.15, 0.2) is 0 Å². The van der Waals surface area contributed by atoms with Gasteiger partial charge in [0, 0.05) is 24.1 Å². The van der Waals surface area contributed by atoms with Crippen LogP contribution in [-0.4, -0.2) is 26.2 Å². The van der Waals surface area contributed by atoms with E-state index in [4.69, 9.17) is 21.1 Å². The van der Waals surface area contributed by atoms with Crippen molar-refractivity contribution in [2.75, 3.05) is 20.3 Å². The summed E-state index contributed by atoms with van der Waals surface area (Å²) in [6.45, 7) is 3.20. The van der Waals surface area contributed by atoms with Crippen LogP contribution in [0.1, 0.15) is 41.1 Å². The summed E-state index contributed by atoms with van der Waals surface area (Å²) in [5, 5.41) is 2.89. The third-order valence-corrected chi connectivity index (χ3v) is 4.85. The van der Waals surface area contributed by atoms with Crippen LogP contribution in [0.4, 0.5) is 0 Å². The molecule has 0 aliphatic carbocycles. The number of halogens is 1. The lowest BCUT2D eigenvalue weighted by Gasteiger charge is -2.14. The molecule has 24 heavy (non-hydrogen) atoms. The molecule has 0 radical (unpaired) electrons. The number of methoxy groups -OCH3 is 1. The van der Waals surface area contributed by atoms with Gasteiger partial charge in [0.2, 0.25) is 0 Å². The molecule has 0 aliphatic rings. The van der Waals surface area contributed by atoms with E-state index in [9.17, 15) is 4.79 Å². The Morgan fingerprint density at radius 3 is 2.58 bits per heavy atom. The van der Waals surface area contributed by atoms with Gasteiger partial charge < -0.3 is 14.8 Å². The van der Waals surface area contributed by atoms with E-state index in [0.29, 0.717) is 23.1 Å². The van der Waals surface area contributed by atoms with Crippen molar-refractivity contribution in [2.24, 2.45) is 0 Å². The summed E-state index contributed by atoms with van der Waals surface area (Å²) in [6.07, 6.45) is 1.91. The summed E-state index contributed by atoms with van der Waals surface area (Å²) < 4.78 is 11.7. The molecule has 0 saturated carbocycles. The molecule has 1 heterocycles. The standard InChI is InChI=1S/C18H22ClNO3S/c1-3-4-11-23-14-7-5-13(6-8-14)18(21)20-12-15(22-2)16-9-10-17(19)24-16/h5-10,15H,3-4,11-12H2,1-2H3,(H,20,21). The molecule has 1 aromatic heterocycles. The van der Waals surface area contributed by atoms with Crippen LogP contribution in [0, 0.1) is 0 Å². The fourth-order valence-electron chi connectivity index (χ4n) is 2.13. The van der Waals surface area contributed by atoms with Crippen molar-refractivity contribution >= 4 is 28.8 Å². The zero-order chi connectivity index (χ0) is 17.4. The number of ether oxygens (including phenoxy) is 2. The molecule has 2 aromatic rings. The van der Waals surface area contributed by atoms with Crippen LogP contribution >= 0.6 is 22.9 Å². The molecule has 2 rings (SSSR count). The number of hydrogen-bond acceptors (Lipinski definition) is 4. The molecule has 0 bridgehead atoms. The molecule has 6 heteroatoms. The number of rotatable bonds is 9. The first-order valence-electron chi connectivity index (χ1n) is 7.93. The highest BCUT2D eigenvalue weighted by Gasteiger charge is 2.15. The minimum atomic E-state index is -0.205. The Labute approximate surface area is 151 Å². The number of carbonyl (C=O) groups is 1. The molecule has 1 atom stereocenters. The van der Waals surface area contributed by atoms with Gasteiger partial charge in [-0.1, -0.05) is 24.9 Å². The number of unbranched alkanes of at least 4 members (excludes halogenated alkanes) is 1. The van der Waals surface area contributed by atoms with E-state index in [1.165, 1.54) is 11.3 Å². The zero-order valence-corrected chi connectivity index (χ0v) is 15.5. The molecule has 1 amide bonds. The molecular formula is C18H22ClNO3S. The van der Waals surface area contributed by atoms with Crippen LogP contribution in [0.25, 0.3) is 0 Å². The summed E-state index contributed by atoms with van der Waals surface area (Å²) in [5.74, 6) is 0.641. The number of benzene rings is 1. The van der Waals surface area contributed by atoms with Gasteiger partial charge in [0.05, 0.1) is 10.9 Å². The minimum Gasteiger partial charge on any atom is -0.494 e. The van der Waals surface area contributed by atoms with Crippen molar-refractivity contribution < 1.29 is 14.3 Å². The lowest BCUT2D eigenvalue weighted by molar-refractivity contribution is 0.0837.